The van der Waals surface area contributed by atoms with Gasteiger partial charge in [-0.3, -0.25) is 0 Å². The largest absolute Gasteiger partial charge is 0.450 e. The van der Waals surface area contributed by atoms with Gasteiger partial charge in [-0.25, -0.2) is 4.79 Å². The zero-order chi connectivity index (χ0) is 19.6. The average molecular weight is 386 g/mol. The maximum atomic E-state index is 11.9. The highest BCUT2D eigenvalue weighted by Crippen LogP contribution is 2.45. The first-order valence-electron chi connectivity index (χ1n) is 11.1. The summed E-state index contributed by atoms with van der Waals surface area (Å²) in [4.78, 5) is 14.6. The van der Waals surface area contributed by atoms with Crippen LogP contribution in [-0.4, -0.2) is 49.3 Å². The number of carbonyl (C=O) groups excluding carboxylic acids is 1. The molecule has 5 nitrogen and oxygen atoms in total. The lowest BCUT2D eigenvalue weighted by Crippen LogP contribution is -2.49. The van der Waals surface area contributed by atoms with Crippen LogP contribution < -0.4 is 10.6 Å². The molecule has 154 valence electrons. The number of fused-ring (bicyclic) bond motifs is 2. The van der Waals surface area contributed by atoms with Gasteiger partial charge in [-0.2, -0.15) is 0 Å². The number of hydrogen-bond acceptors (Lipinski definition) is 4. The van der Waals surface area contributed by atoms with Gasteiger partial charge in [0.25, 0.3) is 0 Å². The number of amides is 1. The van der Waals surface area contributed by atoms with E-state index in [4.69, 9.17) is 4.74 Å². The van der Waals surface area contributed by atoms with E-state index in [1.165, 1.54) is 48.9 Å². The van der Waals surface area contributed by atoms with E-state index >= 15 is 0 Å². The Morgan fingerprint density at radius 3 is 2.86 bits per heavy atom. The molecule has 1 saturated carbocycles. The fourth-order valence-corrected chi connectivity index (χ4v) is 5.51. The van der Waals surface area contributed by atoms with Gasteiger partial charge in [-0.1, -0.05) is 30.5 Å². The first-order chi connectivity index (χ1) is 13.6. The van der Waals surface area contributed by atoms with E-state index in [-0.39, 0.29) is 12.1 Å². The van der Waals surface area contributed by atoms with E-state index < -0.39 is 0 Å². The first kappa shape index (κ1) is 19.6. The van der Waals surface area contributed by atoms with E-state index in [0.717, 1.165) is 32.5 Å². The highest BCUT2D eigenvalue weighted by atomic mass is 16.5. The summed E-state index contributed by atoms with van der Waals surface area (Å²) in [6.45, 7) is 7.89. The van der Waals surface area contributed by atoms with Crippen LogP contribution in [0.25, 0.3) is 0 Å². The number of likely N-dealkylation sites (tertiary alicyclic amines) is 1. The third-order valence-electron chi connectivity index (χ3n) is 7.13. The fraction of sp³-hybridized carbons (Fsp3) is 0.696. The minimum atomic E-state index is -0.255. The summed E-state index contributed by atoms with van der Waals surface area (Å²) in [5.41, 5.74) is 4.55. The smallest absolute Gasteiger partial charge is 0.407 e. The number of ether oxygens (including phenoxy) is 1. The maximum absolute atomic E-state index is 11.9. The minimum Gasteiger partial charge on any atom is -0.450 e. The molecule has 1 spiro atoms. The van der Waals surface area contributed by atoms with E-state index in [1.54, 1.807) is 0 Å². The van der Waals surface area contributed by atoms with Crippen LogP contribution in [0, 0.1) is 6.92 Å². The number of alkyl carbamates (subject to hydrolysis) is 1. The molecule has 4 rings (SSSR count). The molecule has 28 heavy (non-hydrogen) atoms. The van der Waals surface area contributed by atoms with Gasteiger partial charge in [0.05, 0.1) is 6.61 Å². The predicted octanol–water partition coefficient (Wildman–Crippen LogP) is 4.20. The van der Waals surface area contributed by atoms with Crippen LogP contribution in [0.1, 0.15) is 63.0 Å². The Labute approximate surface area is 169 Å². The number of nitrogens with one attached hydrogen (secondary N) is 2. The molecular formula is C23H35N3O2. The normalized spacial score (nSPS) is 26.9. The summed E-state index contributed by atoms with van der Waals surface area (Å²) in [6, 6.07) is 7.69. The van der Waals surface area contributed by atoms with Crippen LogP contribution in [-0.2, 0) is 10.2 Å². The van der Waals surface area contributed by atoms with E-state index in [1.807, 2.05) is 6.92 Å². The second-order valence-corrected chi connectivity index (χ2v) is 8.95. The molecule has 1 amide bonds. The Morgan fingerprint density at radius 2 is 2.07 bits per heavy atom. The van der Waals surface area contributed by atoms with E-state index in [9.17, 15) is 4.79 Å². The molecule has 2 fully saturated rings. The van der Waals surface area contributed by atoms with Crippen LogP contribution in [0.15, 0.2) is 18.2 Å². The molecule has 0 aromatic heterocycles. The summed E-state index contributed by atoms with van der Waals surface area (Å²) < 4.78 is 5.10. The lowest BCUT2D eigenvalue weighted by Gasteiger charge is -2.43. The number of anilines is 1. The Bertz CT molecular complexity index is 697. The van der Waals surface area contributed by atoms with Gasteiger partial charge in [0.1, 0.15) is 0 Å². The summed E-state index contributed by atoms with van der Waals surface area (Å²) >= 11 is 0. The highest BCUT2D eigenvalue weighted by Gasteiger charge is 2.42. The second-order valence-electron chi connectivity index (χ2n) is 8.95. The number of rotatable bonds is 3. The number of aryl methyl sites for hydroxylation is 1. The summed E-state index contributed by atoms with van der Waals surface area (Å²) in [6.07, 6.45) is 8.03. The summed E-state index contributed by atoms with van der Waals surface area (Å²) in [5, 5.41) is 6.75. The van der Waals surface area contributed by atoms with Crippen molar-refractivity contribution in [3.8, 4) is 0 Å². The number of carbonyl (C=O) groups is 1. The Kier molecular flexibility index (Phi) is 5.81. The Hall–Kier alpha value is -1.75. The molecule has 2 aliphatic heterocycles. The number of hydrogen-bond donors (Lipinski definition) is 2. The average Bonchev–Trinajstić information content (AvgIpc) is 2.87. The van der Waals surface area contributed by atoms with Crippen LogP contribution in [0.5, 0.6) is 0 Å². The van der Waals surface area contributed by atoms with Crippen molar-refractivity contribution in [3.05, 3.63) is 29.3 Å². The van der Waals surface area contributed by atoms with Crippen molar-refractivity contribution in [1.29, 1.82) is 0 Å². The lowest BCUT2D eigenvalue weighted by atomic mass is 9.73. The van der Waals surface area contributed by atoms with Crippen molar-refractivity contribution in [2.45, 2.75) is 76.3 Å². The molecule has 2 unspecified atom stereocenters. The molecule has 3 aliphatic rings. The van der Waals surface area contributed by atoms with Crippen molar-refractivity contribution < 1.29 is 9.53 Å². The van der Waals surface area contributed by atoms with Gasteiger partial charge >= 0.3 is 6.09 Å². The van der Waals surface area contributed by atoms with Gasteiger partial charge < -0.3 is 20.3 Å². The monoisotopic (exact) mass is 385 g/mol. The maximum Gasteiger partial charge on any atom is 0.407 e. The molecule has 2 atom stereocenters. The fourth-order valence-electron chi connectivity index (χ4n) is 5.51. The first-order valence-corrected chi connectivity index (χ1v) is 11.1. The van der Waals surface area contributed by atoms with E-state index in [0.29, 0.717) is 18.1 Å². The van der Waals surface area contributed by atoms with Gasteiger partial charge in [0.15, 0.2) is 0 Å². The van der Waals surface area contributed by atoms with Gasteiger partial charge in [0, 0.05) is 29.7 Å². The molecule has 0 radical (unpaired) electrons. The lowest BCUT2D eigenvalue weighted by molar-refractivity contribution is 0.104. The quantitative estimate of drug-likeness (QED) is 0.766. The van der Waals surface area contributed by atoms with Crippen LogP contribution in [0.2, 0.25) is 0 Å². The van der Waals surface area contributed by atoms with Crippen molar-refractivity contribution >= 4 is 11.8 Å². The zero-order valence-corrected chi connectivity index (χ0v) is 17.4. The highest BCUT2D eigenvalue weighted by molar-refractivity contribution is 5.67. The van der Waals surface area contributed by atoms with Crippen LogP contribution in [0.3, 0.4) is 0 Å². The molecule has 0 bridgehead atoms. The molecule has 1 aliphatic carbocycles. The minimum absolute atomic E-state index is 0.249. The van der Waals surface area contributed by atoms with Gasteiger partial charge in [0.2, 0.25) is 0 Å². The standard InChI is InChI=1S/C23H35N3O2/c1-3-28-22(27)25-18-6-4-5-7-19(15-18)26-12-10-23(11-13-26)16-24-21-9-8-17(2)14-20(21)23/h8-9,14,18-19,24H,3-7,10-13,15-16H2,1-2H3,(H,25,27). The Balaban J connectivity index is 1.38. The van der Waals surface area contributed by atoms with Crippen LogP contribution in [0.4, 0.5) is 10.5 Å². The third-order valence-corrected chi connectivity index (χ3v) is 7.13. The van der Waals surface area contributed by atoms with Crippen molar-refractivity contribution in [2.75, 3.05) is 31.6 Å². The number of piperidine rings is 1. The third kappa shape index (κ3) is 4.00. The van der Waals surface area contributed by atoms with Gasteiger partial charge in [-0.15, -0.1) is 0 Å². The zero-order valence-electron chi connectivity index (χ0n) is 17.4. The van der Waals surface area contributed by atoms with Crippen molar-refractivity contribution in [2.24, 2.45) is 0 Å². The summed E-state index contributed by atoms with van der Waals surface area (Å²) in [7, 11) is 0. The topological polar surface area (TPSA) is 53.6 Å². The molecule has 5 heteroatoms. The molecule has 2 N–H and O–H groups in total. The van der Waals surface area contributed by atoms with Gasteiger partial charge in [-0.05, 0) is 70.7 Å². The summed E-state index contributed by atoms with van der Waals surface area (Å²) in [5.74, 6) is 0. The number of nitrogens with zero attached hydrogens (tertiary/aromatic N) is 1. The molecule has 1 saturated heterocycles. The van der Waals surface area contributed by atoms with Crippen LogP contribution >= 0.6 is 0 Å². The molecule has 2 heterocycles. The number of benzene rings is 1. The van der Waals surface area contributed by atoms with Crippen molar-refractivity contribution in [1.82, 2.24) is 10.2 Å². The van der Waals surface area contributed by atoms with Crippen molar-refractivity contribution in [3.63, 3.8) is 0 Å². The molecule has 1 aromatic rings. The molecular weight excluding hydrogens is 350 g/mol. The predicted molar refractivity (Wildman–Crippen MR) is 113 cm³/mol. The SMILES string of the molecule is CCOC(=O)NC1CCCCC(N2CCC3(CC2)CNc2ccc(C)cc23)C1. The second kappa shape index (κ2) is 8.32. The molecule has 1 aromatic carbocycles. The Morgan fingerprint density at radius 1 is 1.29 bits per heavy atom. The van der Waals surface area contributed by atoms with E-state index in [2.05, 4.69) is 40.7 Å².